The number of benzene rings is 1. The van der Waals surface area contributed by atoms with Crippen LogP contribution in [-0.2, 0) is 6.61 Å². The Morgan fingerprint density at radius 3 is 2.80 bits per heavy atom. The van der Waals surface area contributed by atoms with Crippen molar-refractivity contribution < 1.29 is 9.90 Å². The number of fused-ring (bicyclic) bond motifs is 2. The van der Waals surface area contributed by atoms with Crippen molar-refractivity contribution in [3.8, 4) is 5.69 Å². The first-order valence-electron chi connectivity index (χ1n) is 8.46. The number of halogens is 1. The van der Waals surface area contributed by atoms with Crippen LogP contribution in [0.15, 0.2) is 24.4 Å². The van der Waals surface area contributed by atoms with Crippen molar-refractivity contribution in [2.24, 2.45) is 5.92 Å². The Bertz CT molecular complexity index is 796. The van der Waals surface area contributed by atoms with Crippen molar-refractivity contribution >= 4 is 23.3 Å². The van der Waals surface area contributed by atoms with Crippen LogP contribution in [0.4, 0.5) is 10.5 Å². The van der Waals surface area contributed by atoms with Crippen LogP contribution < -0.4 is 5.32 Å². The minimum Gasteiger partial charge on any atom is -0.390 e. The Labute approximate surface area is 150 Å². The molecule has 25 heavy (non-hydrogen) atoms. The zero-order valence-corrected chi connectivity index (χ0v) is 14.6. The predicted octanol–water partition coefficient (Wildman–Crippen LogP) is 2.82. The van der Waals surface area contributed by atoms with Crippen LogP contribution in [0.2, 0.25) is 5.02 Å². The smallest absolute Gasteiger partial charge is 0.322 e. The van der Waals surface area contributed by atoms with E-state index in [-0.39, 0.29) is 12.6 Å². The summed E-state index contributed by atoms with van der Waals surface area (Å²) < 4.78 is 0. The van der Waals surface area contributed by atoms with E-state index < -0.39 is 0 Å². The average Bonchev–Trinajstić information content (AvgIpc) is 3.05. The third-order valence-corrected chi connectivity index (χ3v) is 5.35. The highest BCUT2D eigenvalue weighted by Crippen LogP contribution is 2.41. The number of amides is 2. The van der Waals surface area contributed by atoms with Gasteiger partial charge in [0, 0.05) is 17.8 Å². The number of hydrogen-bond acceptors (Lipinski definition) is 4. The van der Waals surface area contributed by atoms with Gasteiger partial charge in [0.05, 0.1) is 17.8 Å². The van der Waals surface area contributed by atoms with Crippen molar-refractivity contribution in [1.82, 2.24) is 19.9 Å². The molecule has 2 saturated heterocycles. The van der Waals surface area contributed by atoms with E-state index in [0.29, 0.717) is 40.1 Å². The number of aliphatic hydroxyl groups excluding tert-OH is 1. The van der Waals surface area contributed by atoms with E-state index in [1.165, 1.54) is 11.0 Å². The van der Waals surface area contributed by atoms with E-state index in [4.69, 9.17) is 16.7 Å². The van der Waals surface area contributed by atoms with Crippen LogP contribution in [0, 0.1) is 5.92 Å². The van der Waals surface area contributed by atoms with Gasteiger partial charge >= 0.3 is 6.03 Å². The van der Waals surface area contributed by atoms with E-state index in [1.54, 1.807) is 18.2 Å². The zero-order valence-electron chi connectivity index (χ0n) is 13.9. The highest BCUT2D eigenvalue weighted by molar-refractivity contribution is 6.32. The molecule has 2 amide bonds. The summed E-state index contributed by atoms with van der Waals surface area (Å²) >= 11 is 6.23. The third-order valence-electron chi connectivity index (χ3n) is 5.03. The van der Waals surface area contributed by atoms with E-state index in [9.17, 15) is 4.79 Å². The molecule has 7 nitrogen and oxygen atoms in total. The van der Waals surface area contributed by atoms with Crippen LogP contribution in [0.3, 0.4) is 0 Å². The lowest BCUT2D eigenvalue weighted by molar-refractivity contribution is -0.00600. The maximum Gasteiger partial charge on any atom is 0.322 e. The second-order valence-electron chi connectivity index (χ2n) is 6.91. The molecule has 2 N–H and O–H groups in total. The summed E-state index contributed by atoms with van der Waals surface area (Å²) in [5.74, 6) is 0.696. The minimum absolute atomic E-state index is 0.0640. The summed E-state index contributed by atoms with van der Waals surface area (Å²) in [7, 11) is 0. The largest absolute Gasteiger partial charge is 0.390 e. The molecule has 1 saturated carbocycles. The number of carbonyl (C=O) groups is 1. The van der Waals surface area contributed by atoms with Gasteiger partial charge in [-0.3, -0.25) is 0 Å². The first kappa shape index (κ1) is 16.4. The Morgan fingerprint density at radius 2 is 2.12 bits per heavy atom. The van der Waals surface area contributed by atoms with Gasteiger partial charge in [-0.1, -0.05) is 18.5 Å². The van der Waals surface area contributed by atoms with E-state index in [2.05, 4.69) is 22.4 Å². The maximum absolute atomic E-state index is 12.6. The van der Waals surface area contributed by atoms with Gasteiger partial charge in [0.25, 0.3) is 0 Å². The van der Waals surface area contributed by atoms with Crippen LogP contribution in [0.25, 0.3) is 5.69 Å². The summed E-state index contributed by atoms with van der Waals surface area (Å²) in [6.07, 6.45) is 4.75. The molecule has 8 heteroatoms. The lowest BCUT2D eigenvalue weighted by Gasteiger charge is -2.54. The van der Waals surface area contributed by atoms with E-state index in [1.807, 2.05) is 4.90 Å². The summed E-state index contributed by atoms with van der Waals surface area (Å²) in [5.41, 5.74) is 1.65. The molecule has 3 atom stereocenters. The molecule has 1 aromatic heterocycles. The number of nitrogens with one attached hydrogen (secondary N) is 1. The van der Waals surface area contributed by atoms with Crippen molar-refractivity contribution in [3.63, 3.8) is 0 Å². The first-order chi connectivity index (χ1) is 12.0. The molecule has 2 aromatic rings. The number of nitrogens with zero attached hydrogens (tertiary/aromatic N) is 4. The lowest BCUT2D eigenvalue weighted by Crippen LogP contribution is -2.63. The Kier molecular flexibility index (Phi) is 4.13. The lowest BCUT2D eigenvalue weighted by atomic mass is 9.74. The van der Waals surface area contributed by atoms with E-state index >= 15 is 0 Å². The highest BCUT2D eigenvalue weighted by Gasteiger charge is 2.46. The number of anilines is 1. The molecular formula is C17H20ClN5O2. The van der Waals surface area contributed by atoms with Crippen LogP contribution in [0.1, 0.15) is 31.9 Å². The average molecular weight is 362 g/mol. The number of aliphatic hydroxyl groups is 1. The van der Waals surface area contributed by atoms with Crippen molar-refractivity contribution in [2.75, 3.05) is 5.32 Å². The Hall–Kier alpha value is -2.12. The third kappa shape index (κ3) is 2.98. The van der Waals surface area contributed by atoms with Gasteiger partial charge in [-0.25, -0.2) is 4.79 Å². The van der Waals surface area contributed by atoms with Crippen molar-refractivity contribution in [3.05, 3.63) is 35.1 Å². The summed E-state index contributed by atoms with van der Waals surface area (Å²) in [5, 5.41) is 20.8. The molecule has 0 radical (unpaired) electrons. The Balaban J connectivity index is 1.51. The fourth-order valence-corrected chi connectivity index (χ4v) is 4.09. The molecule has 5 rings (SSSR count). The quantitative estimate of drug-likeness (QED) is 0.880. The number of urea groups is 1. The van der Waals surface area contributed by atoms with Gasteiger partial charge in [0.15, 0.2) is 0 Å². The number of piperidine rings is 1. The molecule has 3 heterocycles. The second kappa shape index (κ2) is 6.31. The molecule has 1 aliphatic carbocycles. The summed E-state index contributed by atoms with van der Waals surface area (Å²) in [6, 6.07) is 5.86. The molecular weight excluding hydrogens is 342 g/mol. The summed E-state index contributed by atoms with van der Waals surface area (Å²) in [4.78, 5) is 15.9. The van der Waals surface area contributed by atoms with Gasteiger partial charge in [-0.15, -0.1) is 4.80 Å². The molecule has 2 aliphatic heterocycles. The standard InChI is InChI=1S/C17H20ClN5O2/c1-10-4-13-7-14(5-10)22(13)17(25)20-11-2-3-15(18)16(6-11)23-19-8-12(9-24)21-23/h2-3,6,8,10,13-14,24H,4-5,7,9H2,1H3,(H,20,25)/t10?,13-,14?/m1/s1. The van der Waals surface area contributed by atoms with Gasteiger partial charge in [0.1, 0.15) is 11.4 Å². The number of carbonyl (C=O) groups excluding carboxylic acids is 1. The zero-order chi connectivity index (χ0) is 17.6. The molecule has 2 unspecified atom stereocenters. The summed E-state index contributed by atoms with van der Waals surface area (Å²) in [6.45, 7) is 2.06. The maximum atomic E-state index is 12.6. The van der Waals surface area contributed by atoms with Crippen molar-refractivity contribution in [2.45, 2.75) is 44.9 Å². The van der Waals surface area contributed by atoms with Gasteiger partial charge in [-0.05, 0) is 43.4 Å². The first-order valence-corrected chi connectivity index (χ1v) is 8.84. The number of aromatic nitrogens is 3. The topological polar surface area (TPSA) is 83.3 Å². The van der Waals surface area contributed by atoms with Crippen LogP contribution >= 0.6 is 11.6 Å². The van der Waals surface area contributed by atoms with Gasteiger partial charge < -0.3 is 15.3 Å². The van der Waals surface area contributed by atoms with Crippen LogP contribution in [0.5, 0.6) is 0 Å². The minimum atomic E-state index is -0.190. The molecule has 2 bridgehead atoms. The van der Waals surface area contributed by atoms with E-state index in [0.717, 1.165) is 19.3 Å². The monoisotopic (exact) mass is 361 g/mol. The van der Waals surface area contributed by atoms with Crippen LogP contribution in [-0.4, -0.2) is 43.1 Å². The van der Waals surface area contributed by atoms with Gasteiger partial charge in [0.2, 0.25) is 0 Å². The fourth-order valence-electron chi connectivity index (χ4n) is 3.89. The second-order valence-corrected chi connectivity index (χ2v) is 7.31. The number of rotatable bonds is 3. The Morgan fingerprint density at radius 1 is 1.36 bits per heavy atom. The molecule has 3 aliphatic rings. The fraction of sp³-hybridized carbons (Fsp3) is 0.471. The predicted molar refractivity (Wildman–Crippen MR) is 93.7 cm³/mol. The normalized spacial score (nSPS) is 24.8. The van der Waals surface area contributed by atoms with Crippen molar-refractivity contribution in [1.29, 1.82) is 0 Å². The number of hydrogen-bond donors (Lipinski definition) is 2. The molecule has 0 spiro atoms. The molecule has 132 valence electrons. The molecule has 1 aromatic carbocycles. The van der Waals surface area contributed by atoms with Gasteiger partial charge in [-0.2, -0.15) is 10.2 Å². The SMILES string of the molecule is CC1CC2C[C@@H](C1)N2C(=O)Nc1ccc(Cl)c(-n2ncc(CO)n2)c1. The highest BCUT2D eigenvalue weighted by atomic mass is 35.5. The molecule has 3 fully saturated rings.